The number of piperidine rings is 1. The molecule has 2 saturated heterocycles. The lowest BCUT2D eigenvalue weighted by atomic mass is 10.0. The summed E-state index contributed by atoms with van der Waals surface area (Å²) in [5.41, 5.74) is 7.15. The Morgan fingerprint density at radius 1 is 1.03 bits per heavy atom. The van der Waals surface area contributed by atoms with Gasteiger partial charge in [0.15, 0.2) is 9.84 Å². The van der Waals surface area contributed by atoms with Crippen molar-refractivity contribution < 1.29 is 22.4 Å². The van der Waals surface area contributed by atoms with Crippen LogP contribution in [0.15, 0.2) is 41.3 Å². The van der Waals surface area contributed by atoms with E-state index in [-0.39, 0.29) is 29.3 Å². The molecule has 0 unspecified atom stereocenters. The molecule has 2 aliphatic rings. The van der Waals surface area contributed by atoms with Gasteiger partial charge in [-0.3, -0.25) is 9.59 Å². The van der Waals surface area contributed by atoms with E-state index in [2.05, 4.69) is 5.32 Å². The maximum absolute atomic E-state index is 13.6. The molecule has 37 heavy (non-hydrogen) atoms. The van der Waals surface area contributed by atoms with Gasteiger partial charge in [-0.2, -0.15) is 0 Å². The fourth-order valence-corrected chi connectivity index (χ4v) is 5.75. The molecule has 0 radical (unpaired) electrons. The van der Waals surface area contributed by atoms with Crippen molar-refractivity contribution in [3.63, 3.8) is 0 Å². The summed E-state index contributed by atoms with van der Waals surface area (Å²) in [5, 5.41) is 3.73. The number of halogens is 2. The molecule has 0 spiro atoms. The second-order valence-electron chi connectivity index (χ2n) is 9.44. The summed E-state index contributed by atoms with van der Waals surface area (Å²) >= 11 is 5.94. The van der Waals surface area contributed by atoms with Gasteiger partial charge in [0, 0.05) is 57.1 Å². The molecule has 200 valence electrons. The van der Waals surface area contributed by atoms with Crippen LogP contribution in [0.25, 0.3) is 0 Å². The van der Waals surface area contributed by atoms with Crippen molar-refractivity contribution in [1.29, 1.82) is 0 Å². The molecule has 12 heteroatoms. The van der Waals surface area contributed by atoms with E-state index in [1.807, 2.05) is 4.90 Å². The van der Waals surface area contributed by atoms with Gasteiger partial charge in [-0.05, 0) is 49.2 Å². The monoisotopic (exact) mass is 551 g/mol. The summed E-state index contributed by atoms with van der Waals surface area (Å²) < 4.78 is 37.9. The second kappa shape index (κ2) is 11.2. The topological polar surface area (TPSA) is 116 Å². The first-order valence-corrected chi connectivity index (χ1v) is 14.4. The number of benzene rings is 2. The van der Waals surface area contributed by atoms with Gasteiger partial charge >= 0.3 is 0 Å². The van der Waals surface area contributed by atoms with Gasteiger partial charge in [0.1, 0.15) is 5.82 Å². The minimum absolute atomic E-state index is 0.0303. The summed E-state index contributed by atoms with van der Waals surface area (Å²) in [6.07, 6.45) is 2.52. The number of amides is 2. The lowest BCUT2D eigenvalue weighted by Gasteiger charge is -2.37. The molecular formula is C25H31ClFN5O4S. The third-order valence-electron chi connectivity index (χ3n) is 6.86. The van der Waals surface area contributed by atoms with E-state index in [0.717, 1.165) is 25.2 Å². The van der Waals surface area contributed by atoms with Gasteiger partial charge in [-0.25, -0.2) is 12.8 Å². The van der Waals surface area contributed by atoms with E-state index < -0.39 is 15.7 Å². The standard InChI is InChI=1S/C25H31ClFN5O4S/c1-37(35,36)23-15-18(27)3-5-22(23)30-10-12-31(13-11-30)24(33)16-29-19-6-8-32(9-7-19)25(34)17-2-4-20(26)21(28)14-17/h2-5,14-15,19,29H,6-13,16,28H2,1H3. The highest BCUT2D eigenvalue weighted by Crippen LogP contribution is 2.27. The van der Waals surface area contributed by atoms with Gasteiger partial charge < -0.3 is 25.8 Å². The van der Waals surface area contributed by atoms with Crippen LogP contribution in [0.3, 0.4) is 0 Å². The molecule has 0 aliphatic carbocycles. The maximum atomic E-state index is 13.6. The van der Waals surface area contributed by atoms with Gasteiger partial charge in [0.05, 0.1) is 27.8 Å². The first-order valence-electron chi connectivity index (χ1n) is 12.1. The van der Waals surface area contributed by atoms with Crippen molar-refractivity contribution in [1.82, 2.24) is 15.1 Å². The van der Waals surface area contributed by atoms with Crippen molar-refractivity contribution >= 4 is 44.6 Å². The number of sulfone groups is 1. The molecule has 0 saturated carbocycles. The lowest BCUT2D eigenvalue weighted by Crippen LogP contribution is -2.52. The SMILES string of the molecule is CS(=O)(=O)c1cc(F)ccc1N1CCN(C(=O)CNC2CCN(C(=O)c3ccc(Cl)c(N)c3)CC2)CC1. The lowest BCUT2D eigenvalue weighted by molar-refractivity contribution is -0.130. The fourth-order valence-electron chi connectivity index (χ4n) is 4.73. The zero-order chi connectivity index (χ0) is 26.7. The molecule has 0 aromatic heterocycles. The zero-order valence-corrected chi connectivity index (χ0v) is 22.2. The summed E-state index contributed by atoms with van der Waals surface area (Å²) in [6.45, 7) is 3.14. The Labute approximate surface area is 221 Å². The predicted molar refractivity (Wildman–Crippen MR) is 141 cm³/mol. The molecule has 2 aromatic rings. The average molecular weight is 552 g/mol. The van der Waals surface area contributed by atoms with Gasteiger partial charge in [-0.15, -0.1) is 0 Å². The number of rotatable bonds is 6. The third kappa shape index (κ3) is 6.52. The van der Waals surface area contributed by atoms with Crippen LogP contribution < -0.4 is 16.0 Å². The van der Waals surface area contributed by atoms with Crippen LogP contribution >= 0.6 is 11.6 Å². The number of nitrogens with one attached hydrogen (secondary N) is 1. The van der Waals surface area contributed by atoms with Crippen LogP contribution in [-0.4, -0.2) is 88.1 Å². The highest BCUT2D eigenvalue weighted by atomic mass is 35.5. The molecule has 2 heterocycles. The number of hydrogen-bond donors (Lipinski definition) is 2. The number of carbonyl (C=O) groups excluding carboxylic acids is 2. The van der Waals surface area contributed by atoms with E-state index >= 15 is 0 Å². The minimum Gasteiger partial charge on any atom is -0.398 e. The van der Waals surface area contributed by atoms with Gasteiger partial charge in [0.2, 0.25) is 5.91 Å². The molecule has 4 rings (SSSR count). The zero-order valence-electron chi connectivity index (χ0n) is 20.6. The van der Waals surface area contributed by atoms with Gasteiger partial charge in [0.25, 0.3) is 5.91 Å². The first-order chi connectivity index (χ1) is 17.5. The van der Waals surface area contributed by atoms with Crippen LogP contribution in [0.2, 0.25) is 5.02 Å². The quantitative estimate of drug-likeness (QED) is 0.528. The number of nitrogen functional groups attached to an aromatic ring is 1. The Kier molecular flexibility index (Phi) is 8.25. The largest absolute Gasteiger partial charge is 0.398 e. The van der Waals surface area contributed by atoms with Crippen LogP contribution in [0.4, 0.5) is 15.8 Å². The van der Waals surface area contributed by atoms with Crippen LogP contribution in [0.1, 0.15) is 23.2 Å². The second-order valence-corrected chi connectivity index (χ2v) is 11.8. The van der Waals surface area contributed by atoms with Crippen molar-refractivity contribution in [2.24, 2.45) is 0 Å². The summed E-state index contributed by atoms with van der Waals surface area (Å²) in [4.78, 5) is 30.9. The molecule has 2 aliphatic heterocycles. The van der Waals surface area contributed by atoms with E-state index in [9.17, 15) is 22.4 Å². The van der Waals surface area contributed by atoms with Crippen LogP contribution in [0.5, 0.6) is 0 Å². The van der Waals surface area contributed by atoms with Crippen LogP contribution in [-0.2, 0) is 14.6 Å². The number of likely N-dealkylation sites (tertiary alicyclic amines) is 1. The Morgan fingerprint density at radius 3 is 2.32 bits per heavy atom. The Bertz CT molecular complexity index is 1280. The summed E-state index contributed by atoms with van der Waals surface area (Å²) in [6, 6.07) is 8.76. The number of piperazine rings is 1. The molecule has 9 nitrogen and oxygen atoms in total. The number of nitrogens with two attached hydrogens (primary N) is 1. The number of carbonyl (C=O) groups is 2. The minimum atomic E-state index is -3.59. The van der Waals surface area contributed by atoms with Gasteiger partial charge in [-0.1, -0.05) is 11.6 Å². The molecule has 2 amide bonds. The molecule has 0 atom stereocenters. The Hall–Kier alpha value is -2.89. The predicted octanol–water partition coefficient (Wildman–Crippen LogP) is 2.01. The average Bonchev–Trinajstić information content (AvgIpc) is 2.88. The third-order valence-corrected chi connectivity index (χ3v) is 8.33. The normalized spacial score (nSPS) is 17.2. The van der Waals surface area contributed by atoms with E-state index in [1.54, 1.807) is 28.0 Å². The van der Waals surface area contributed by atoms with E-state index in [0.29, 0.717) is 61.2 Å². The molecule has 0 bridgehead atoms. The highest BCUT2D eigenvalue weighted by Gasteiger charge is 2.27. The summed E-state index contributed by atoms with van der Waals surface area (Å²) in [7, 11) is -3.59. The number of nitrogens with zero attached hydrogens (tertiary/aromatic N) is 3. The highest BCUT2D eigenvalue weighted by molar-refractivity contribution is 7.90. The van der Waals surface area contributed by atoms with Crippen LogP contribution in [0, 0.1) is 5.82 Å². The first kappa shape index (κ1) is 27.2. The van der Waals surface area contributed by atoms with Crippen molar-refractivity contribution in [2.75, 3.05) is 62.7 Å². The smallest absolute Gasteiger partial charge is 0.253 e. The Morgan fingerprint density at radius 2 is 1.70 bits per heavy atom. The summed E-state index contributed by atoms with van der Waals surface area (Å²) in [5.74, 6) is -0.720. The van der Waals surface area contributed by atoms with Crippen molar-refractivity contribution in [3.05, 3.63) is 52.8 Å². The number of hydrogen-bond acceptors (Lipinski definition) is 7. The molecule has 3 N–H and O–H groups in total. The number of anilines is 2. The Balaban J connectivity index is 1.23. The molecular weight excluding hydrogens is 521 g/mol. The van der Waals surface area contributed by atoms with E-state index in [1.165, 1.54) is 12.1 Å². The van der Waals surface area contributed by atoms with Crippen molar-refractivity contribution in [3.8, 4) is 0 Å². The molecule has 2 fully saturated rings. The van der Waals surface area contributed by atoms with Crippen molar-refractivity contribution in [2.45, 2.75) is 23.8 Å². The fraction of sp³-hybridized carbons (Fsp3) is 0.440. The van der Waals surface area contributed by atoms with E-state index in [4.69, 9.17) is 17.3 Å². The maximum Gasteiger partial charge on any atom is 0.253 e. The molecule has 2 aromatic carbocycles.